The monoisotopic (exact) mass is 239 g/mol. The van der Waals surface area contributed by atoms with Crippen molar-refractivity contribution in [2.45, 2.75) is 25.1 Å². The van der Waals surface area contributed by atoms with E-state index in [1.165, 1.54) is 6.92 Å². The van der Waals surface area contributed by atoms with Gasteiger partial charge in [0.15, 0.2) is 5.25 Å². The van der Waals surface area contributed by atoms with Crippen LogP contribution in [0.15, 0.2) is 24.5 Å². The van der Waals surface area contributed by atoms with Crippen molar-refractivity contribution in [3.63, 3.8) is 0 Å². The van der Waals surface area contributed by atoms with Crippen LogP contribution in [0.2, 0.25) is 0 Å². The number of sulfonamides is 1. The molecule has 0 spiro atoms. The Morgan fingerprint density at radius 3 is 2.44 bits per heavy atom. The number of pyridine rings is 1. The van der Waals surface area contributed by atoms with Gasteiger partial charge in [0, 0.05) is 18.4 Å². The maximum Gasteiger partial charge on any atom is 0.228 e. The van der Waals surface area contributed by atoms with Crippen molar-refractivity contribution in [3.8, 4) is 6.07 Å². The van der Waals surface area contributed by atoms with Gasteiger partial charge in [-0.15, -0.1) is 0 Å². The standard InChI is InChI=1S/C10H13N3O2S/c1-8(7-11)16(14,15)13-9(2)10-3-5-12-6-4-10/h3-6,8-9,13H,1-2H3. The van der Waals surface area contributed by atoms with Gasteiger partial charge in [0.1, 0.15) is 0 Å². The van der Waals surface area contributed by atoms with Crippen molar-refractivity contribution in [3.05, 3.63) is 30.1 Å². The molecule has 6 heteroatoms. The summed E-state index contributed by atoms with van der Waals surface area (Å²) in [7, 11) is -3.59. The van der Waals surface area contributed by atoms with Crippen molar-refractivity contribution in [1.29, 1.82) is 5.26 Å². The van der Waals surface area contributed by atoms with E-state index in [2.05, 4.69) is 9.71 Å². The molecular formula is C10H13N3O2S. The number of hydrogen-bond acceptors (Lipinski definition) is 4. The summed E-state index contributed by atoms with van der Waals surface area (Å²) in [5, 5.41) is 7.52. The van der Waals surface area contributed by atoms with Crippen LogP contribution in [0.5, 0.6) is 0 Å². The summed E-state index contributed by atoms with van der Waals surface area (Å²) in [5.74, 6) is 0. The molecule has 0 amide bonds. The van der Waals surface area contributed by atoms with Crippen molar-refractivity contribution in [2.24, 2.45) is 0 Å². The molecule has 0 fully saturated rings. The highest BCUT2D eigenvalue weighted by Crippen LogP contribution is 2.12. The van der Waals surface area contributed by atoms with Gasteiger partial charge >= 0.3 is 0 Å². The number of nitrogens with one attached hydrogen (secondary N) is 1. The molecule has 16 heavy (non-hydrogen) atoms. The normalized spacial score (nSPS) is 15.1. The zero-order valence-electron chi connectivity index (χ0n) is 9.08. The van der Waals surface area contributed by atoms with Crippen LogP contribution >= 0.6 is 0 Å². The Labute approximate surface area is 95.2 Å². The third-order valence-electron chi connectivity index (χ3n) is 2.19. The zero-order chi connectivity index (χ0) is 12.2. The Balaban J connectivity index is 2.81. The van der Waals surface area contributed by atoms with Crippen molar-refractivity contribution < 1.29 is 8.42 Å². The quantitative estimate of drug-likeness (QED) is 0.848. The lowest BCUT2D eigenvalue weighted by Crippen LogP contribution is -2.33. The molecule has 1 heterocycles. The highest BCUT2D eigenvalue weighted by Gasteiger charge is 2.22. The molecule has 1 aromatic rings. The molecular weight excluding hydrogens is 226 g/mol. The van der Waals surface area contributed by atoms with Gasteiger partial charge in [-0.1, -0.05) is 0 Å². The van der Waals surface area contributed by atoms with E-state index in [9.17, 15) is 8.42 Å². The zero-order valence-corrected chi connectivity index (χ0v) is 9.90. The first-order valence-electron chi connectivity index (χ1n) is 4.78. The van der Waals surface area contributed by atoms with Gasteiger partial charge < -0.3 is 0 Å². The number of hydrogen-bond donors (Lipinski definition) is 1. The Morgan fingerprint density at radius 1 is 1.38 bits per heavy atom. The highest BCUT2D eigenvalue weighted by molar-refractivity contribution is 7.90. The van der Waals surface area contributed by atoms with Crippen LogP contribution < -0.4 is 4.72 Å². The first-order valence-corrected chi connectivity index (χ1v) is 6.32. The fourth-order valence-electron chi connectivity index (χ4n) is 1.14. The van der Waals surface area contributed by atoms with Gasteiger partial charge in [-0.05, 0) is 31.5 Å². The van der Waals surface area contributed by atoms with Gasteiger partial charge in [0.05, 0.1) is 6.07 Å². The molecule has 0 saturated carbocycles. The predicted molar refractivity (Wildman–Crippen MR) is 59.8 cm³/mol. The number of nitriles is 1. The molecule has 0 bridgehead atoms. The SMILES string of the molecule is CC(NS(=O)(=O)C(C)C#N)c1ccncc1. The van der Waals surface area contributed by atoms with E-state index >= 15 is 0 Å². The molecule has 86 valence electrons. The second-order valence-corrected chi connectivity index (χ2v) is 5.47. The second kappa shape index (κ2) is 5.05. The molecule has 0 radical (unpaired) electrons. The molecule has 0 aliphatic carbocycles. The molecule has 1 rings (SSSR count). The molecule has 1 aromatic heterocycles. The van der Waals surface area contributed by atoms with Gasteiger partial charge in [-0.3, -0.25) is 4.98 Å². The average molecular weight is 239 g/mol. The third-order valence-corrected chi connectivity index (χ3v) is 3.91. The molecule has 5 nitrogen and oxygen atoms in total. The Morgan fingerprint density at radius 2 is 1.94 bits per heavy atom. The van der Waals surface area contributed by atoms with Gasteiger partial charge in [-0.25, -0.2) is 13.1 Å². The number of rotatable bonds is 4. The Kier molecular flexibility index (Phi) is 3.99. The summed E-state index contributed by atoms with van der Waals surface area (Å²) in [6, 6.07) is 4.78. The molecule has 2 atom stereocenters. The minimum atomic E-state index is -3.59. The highest BCUT2D eigenvalue weighted by atomic mass is 32.2. The van der Waals surface area contributed by atoms with E-state index in [0.717, 1.165) is 5.56 Å². The molecule has 2 unspecified atom stereocenters. The predicted octanol–water partition coefficient (Wildman–Crippen LogP) is 0.974. The van der Waals surface area contributed by atoms with Crippen LogP contribution in [0.4, 0.5) is 0 Å². The summed E-state index contributed by atoms with van der Waals surface area (Å²) < 4.78 is 25.6. The Bertz CT molecular complexity index is 479. The average Bonchev–Trinajstić information content (AvgIpc) is 2.28. The van der Waals surface area contributed by atoms with Crippen molar-refractivity contribution in [2.75, 3.05) is 0 Å². The first-order chi connectivity index (χ1) is 7.47. The van der Waals surface area contributed by atoms with Crippen molar-refractivity contribution in [1.82, 2.24) is 9.71 Å². The van der Waals surface area contributed by atoms with Crippen LogP contribution in [0, 0.1) is 11.3 Å². The molecule has 1 N–H and O–H groups in total. The summed E-state index contributed by atoms with van der Waals surface area (Å²) >= 11 is 0. The molecule has 0 aliphatic heterocycles. The minimum absolute atomic E-state index is 0.371. The summed E-state index contributed by atoms with van der Waals surface area (Å²) in [6.07, 6.45) is 3.18. The summed E-state index contributed by atoms with van der Waals surface area (Å²) in [4.78, 5) is 3.85. The van der Waals surface area contributed by atoms with E-state index in [0.29, 0.717) is 0 Å². The fourth-order valence-corrected chi connectivity index (χ4v) is 2.11. The van der Waals surface area contributed by atoms with Gasteiger partial charge in [0.25, 0.3) is 0 Å². The van der Waals surface area contributed by atoms with Crippen molar-refractivity contribution >= 4 is 10.0 Å². The van der Waals surface area contributed by atoms with E-state index in [1.807, 2.05) is 0 Å². The van der Waals surface area contributed by atoms with E-state index in [1.54, 1.807) is 37.5 Å². The molecule has 0 aromatic carbocycles. The maximum atomic E-state index is 11.6. The largest absolute Gasteiger partial charge is 0.265 e. The van der Waals surface area contributed by atoms with Crippen LogP contribution in [0.3, 0.4) is 0 Å². The minimum Gasteiger partial charge on any atom is -0.265 e. The number of aromatic nitrogens is 1. The van der Waals surface area contributed by atoms with Crippen LogP contribution in [0.1, 0.15) is 25.5 Å². The lowest BCUT2D eigenvalue weighted by molar-refractivity contribution is 0.562. The smallest absolute Gasteiger partial charge is 0.228 e. The van der Waals surface area contributed by atoms with Crippen LogP contribution in [0.25, 0.3) is 0 Å². The third kappa shape index (κ3) is 3.02. The topological polar surface area (TPSA) is 82.9 Å². The molecule has 0 saturated heterocycles. The number of nitrogens with zero attached hydrogens (tertiary/aromatic N) is 2. The fraction of sp³-hybridized carbons (Fsp3) is 0.400. The Hall–Kier alpha value is -1.45. The van der Waals surface area contributed by atoms with E-state index in [4.69, 9.17) is 5.26 Å². The van der Waals surface area contributed by atoms with Crippen LogP contribution in [-0.4, -0.2) is 18.7 Å². The first kappa shape index (κ1) is 12.6. The summed E-state index contributed by atoms with van der Waals surface area (Å²) in [5.41, 5.74) is 0.809. The lowest BCUT2D eigenvalue weighted by atomic mass is 10.1. The van der Waals surface area contributed by atoms with E-state index < -0.39 is 15.3 Å². The van der Waals surface area contributed by atoms with E-state index in [-0.39, 0.29) is 6.04 Å². The summed E-state index contributed by atoms with van der Waals surface area (Å²) in [6.45, 7) is 3.07. The molecule has 0 aliphatic rings. The maximum absolute atomic E-state index is 11.6. The van der Waals surface area contributed by atoms with Crippen LogP contribution in [-0.2, 0) is 10.0 Å². The second-order valence-electron chi connectivity index (χ2n) is 3.44. The lowest BCUT2D eigenvalue weighted by Gasteiger charge is -2.15. The van der Waals surface area contributed by atoms with Gasteiger partial charge in [-0.2, -0.15) is 5.26 Å². The van der Waals surface area contributed by atoms with Gasteiger partial charge in [0.2, 0.25) is 10.0 Å².